The first kappa shape index (κ1) is 25.4. The zero-order valence-corrected chi connectivity index (χ0v) is 21.6. The second-order valence-electron chi connectivity index (χ2n) is 10.4. The predicted octanol–water partition coefficient (Wildman–Crippen LogP) is 4.91. The van der Waals surface area contributed by atoms with E-state index in [4.69, 9.17) is 23.7 Å². The van der Waals surface area contributed by atoms with E-state index in [0.717, 1.165) is 18.4 Å². The summed E-state index contributed by atoms with van der Waals surface area (Å²) in [7, 11) is 1.44. The maximum Gasteiger partial charge on any atom is 0.415 e. The Hall–Kier alpha value is -3.30. The van der Waals surface area contributed by atoms with Crippen LogP contribution in [0.5, 0.6) is 23.0 Å². The third-order valence-corrected chi connectivity index (χ3v) is 6.96. The van der Waals surface area contributed by atoms with Gasteiger partial charge in [-0.15, -0.1) is 0 Å². The molecular formula is C28H33NO8. The highest BCUT2D eigenvalue weighted by molar-refractivity contribution is 5.96. The molecule has 198 valence electrons. The Morgan fingerprint density at radius 1 is 1.19 bits per heavy atom. The number of aliphatic hydroxyl groups excluding tert-OH is 1. The second kappa shape index (κ2) is 10.2. The van der Waals surface area contributed by atoms with Crippen molar-refractivity contribution in [3.05, 3.63) is 46.5 Å². The van der Waals surface area contributed by atoms with Gasteiger partial charge in [-0.3, -0.25) is 0 Å². The number of hydrogen-bond acceptors (Lipinski definition) is 8. The molecule has 2 fully saturated rings. The quantitative estimate of drug-likeness (QED) is 0.565. The number of rotatable bonds is 5. The number of morpholine rings is 1. The topological polar surface area (TPSA) is 104 Å². The third kappa shape index (κ3) is 5.10. The van der Waals surface area contributed by atoms with Crippen molar-refractivity contribution in [2.75, 3.05) is 20.2 Å². The first-order valence-corrected chi connectivity index (χ1v) is 12.7. The molecule has 2 bridgehead atoms. The van der Waals surface area contributed by atoms with Crippen molar-refractivity contribution in [3.63, 3.8) is 0 Å². The number of ether oxygens (including phenoxy) is 5. The molecule has 0 radical (unpaired) electrons. The molecule has 0 spiro atoms. The Kier molecular flexibility index (Phi) is 7.00. The summed E-state index contributed by atoms with van der Waals surface area (Å²) in [6.07, 6.45) is 1.16. The summed E-state index contributed by atoms with van der Waals surface area (Å²) in [6, 6.07) is 6.85. The number of nitrogens with zero attached hydrogens (tertiary/aromatic N) is 1. The predicted molar refractivity (Wildman–Crippen MR) is 133 cm³/mol. The summed E-state index contributed by atoms with van der Waals surface area (Å²) in [5, 5.41) is 10.8. The number of cyclic esters (lactones) is 1. The number of carbonyl (C=O) groups is 2. The lowest BCUT2D eigenvalue weighted by molar-refractivity contribution is -0.0299. The number of esters is 1. The number of hydrogen-bond donors (Lipinski definition) is 1. The fourth-order valence-corrected chi connectivity index (χ4v) is 5.27. The standard InChI is InChI=1S/C28H33NO8/c1-15(2)9-21(30)20-7-8-22-24(26(20)33-4)27(31)34-14-17-10-16(3)11-23(25(17)36-22)37-28(32)29-12-18-5-6-19(13-29)35-18/h7-8,10-11,15,18-19,21,30H,5-6,9,12-14H2,1-4H3/t18?,19?,21-/m0/s1. The Morgan fingerprint density at radius 3 is 2.59 bits per heavy atom. The Balaban J connectivity index is 1.49. The van der Waals surface area contributed by atoms with E-state index in [1.54, 1.807) is 23.1 Å². The van der Waals surface area contributed by atoms with Crippen LogP contribution in [0.2, 0.25) is 0 Å². The summed E-state index contributed by atoms with van der Waals surface area (Å²) in [5.74, 6) is 0.536. The maximum absolute atomic E-state index is 13.1. The number of carbonyl (C=O) groups excluding carboxylic acids is 2. The minimum Gasteiger partial charge on any atom is -0.495 e. The van der Waals surface area contributed by atoms with Gasteiger partial charge in [0.2, 0.25) is 0 Å². The van der Waals surface area contributed by atoms with E-state index < -0.39 is 18.2 Å². The van der Waals surface area contributed by atoms with Gasteiger partial charge < -0.3 is 33.7 Å². The van der Waals surface area contributed by atoms with Crippen molar-refractivity contribution in [3.8, 4) is 23.0 Å². The summed E-state index contributed by atoms with van der Waals surface area (Å²) in [4.78, 5) is 27.9. The van der Waals surface area contributed by atoms with Crippen LogP contribution in [0.4, 0.5) is 4.79 Å². The van der Waals surface area contributed by atoms with Crippen molar-refractivity contribution in [2.45, 2.75) is 65.0 Å². The van der Waals surface area contributed by atoms with Gasteiger partial charge in [0.1, 0.15) is 23.7 Å². The zero-order chi connectivity index (χ0) is 26.3. The highest BCUT2D eigenvalue weighted by atomic mass is 16.6. The lowest BCUT2D eigenvalue weighted by Gasteiger charge is -2.31. The molecule has 3 atom stereocenters. The van der Waals surface area contributed by atoms with Crippen LogP contribution in [-0.4, -0.2) is 54.5 Å². The van der Waals surface area contributed by atoms with E-state index in [9.17, 15) is 14.7 Å². The fraction of sp³-hybridized carbons (Fsp3) is 0.500. The Morgan fingerprint density at radius 2 is 1.92 bits per heavy atom. The Bertz CT molecular complexity index is 1200. The fourth-order valence-electron chi connectivity index (χ4n) is 5.27. The van der Waals surface area contributed by atoms with Crippen molar-refractivity contribution in [2.24, 2.45) is 5.92 Å². The molecule has 0 aromatic heterocycles. The molecule has 1 amide bonds. The monoisotopic (exact) mass is 511 g/mol. The molecular weight excluding hydrogens is 478 g/mol. The number of methoxy groups -OCH3 is 1. The van der Waals surface area contributed by atoms with E-state index in [2.05, 4.69) is 0 Å². The van der Waals surface area contributed by atoms with Crippen molar-refractivity contribution >= 4 is 12.1 Å². The highest BCUT2D eigenvalue weighted by Crippen LogP contribution is 2.45. The lowest BCUT2D eigenvalue weighted by atomic mass is 9.96. The molecule has 9 nitrogen and oxygen atoms in total. The summed E-state index contributed by atoms with van der Waals surface area (Å²) >= 11 is 0. The van der Waals surface area contributed by atoms with Crippen LogP contribution in [-0.2, 0) is 16.1 Å². The molecule has 2 aromatic carbocycles. The number of fused-ring (bicyclic) bond motifs is 4. The van der Waals surface area contributed by atoms with Gasteiger partial charge in [-0.2, -0.15) is 0 Å². The first-order chi connectivity index (χ1) is 17.7. The molecule has 3 aliphatic rings. The first-order valence-electron chi connectivity index (χ1n) is 12.7. The van der Waals surface area contributed by atoms with Gasteiger partial charge in [-0.05, 0) is 61.9 Å². The molecule has 5 rings (SSSR count). The maximum atomic E-state index is 13.1. The normalized spacial score (nSPS) is 21.2. The second-order valence-corrected chi connectivity index (χ2v) is 10.4. The summed E-state index contributed by atoms with van der Waals surface area (Å²) in [6.45, 7) is 6.77. The van der Waals surface area contributed by atoms with Gasteiger partial charge in [-0.25, -0.2) is 9.59 Å². The van der Waals surface area contributed by atoms with E-state index in [-0.39, 0.29) is 47.5 Å². The van der Waals surface area contributed by atoms with Gasteiger partial charge in [0.25, 0.3) is 0 Å². The van der Waals surface area contributed by atoms with Crippen LogP contribution in [0, 0.1) is 12.8 Å². The largest absolute Gasteiger partial charge is 0.495 e. The molecule has 37 heavy (non-hydrogen) atoms. The van der Waals surface area contributed by atoms with E-state index >= 15 is 0 Å². The zero-order valence-electron chi connectivity index (χ0n) is 21.6. The van der Waals surface area contributed by atoms with Crippen LogP contribution < -0.4 is 14.2 Å². The van der Waals surface area contributed by atoms with Gasteiger partial charge >= 0.3 is 12.1 Å². The molecule has 1 N–H and O–H groups in total. The smallest absolute Gasteiger partial charge is 0.415 e. The molecule has 2 unspecified atom stereocenters. The van der Waals surface area contributed by atoms with Gasteiger partial charge in [0.15, 0.2) is 11.5 Å². The highest BCUT2D eigenvalue weighted by Gasteiger charge is 2.37. The SMILES string of the molecule is COc1c([C@@H](O)CC(C)C)ccc2c1C(=O)OCc1cc(C)cc(OC(=O)N3CC4CCC(C3)O4)c1O2. The van der Waals surface area contributed by atoms with Gasteiger partial charge in [-0.1, -0.05) is 13.8 Å². The molecule has 3 heterocycles. The molecule has 3 aliphatic heterocycles. The summed E-state index contributed by atoms with van der Waals surface area (Å²) in [5.41, 5.74) is 1.96. The number of benzene rings is 2. The summed E-state index contributed by atoms with van der Waals surface area (Å²) < 4.78 is 29.1. The van der Waals surface area contributed by atoms with Crippen molar-refractivity contribution in [1.82, 2.24) is 4.90 Å². The third-order valence-electron chi connectivity index (χ3n) is 6.96. The number of aliphatic hydroxyl groups is 1. The van der Waals surface area contributed by atoms with E-state index in [1.165, 1.54) is 7.11 Å². The average Bonchev–Trinajstić information content (AvgIpc) is 3.19. The van der Waals surface area contributed by atoms with Gasteiger partial charge in [0.05, 0.1) is 38.5 Å². The van der Waals surface area contributed by atoms with Crippen LogP contribution in [0.1, 0.15) is 66.3 Å². The number of likely N-dealkylation sites (tertiary alicyclic amines) is 1. The van der Waals surface area contributed by atoms with E-state index in [1.807, 2.05) is 26.8 Å². The average molecular weight is 512 g/mol. The molecule has 0 saturated carbocycles. The Labute approximate surface area is 216 Å². The minimum absolute atomic E-state index is 0.0414. The van der Waals surface area contributed by atoms with Crippen molar-refractivity contribution < 1.29 is 38.4 Å². The number of amides is 1. The van der Waals surface area contributed by atoms with Crippen molar-refractivity contribution in [1.29, 1.82) is 0 Å². The van der Waals surface area contributed by atoms with E-state index in [0.29, 0.717) is 36.4 Å². The van der Waals surface area contributed by atoms with Crippen LogP contribution in [0.3, 0.4) is 0 Å². The number of aryl methyl sites for hydroxylation is 1. The lowest BCUT2D eigenvalue weighted by Crippen LogP contribution is -2.47. The van der Waals surface area contributed by atoms with Crippen LogP contribution in [0.25, 0.3) is 0 Å². The van der Waals surface area contributed by atoms with Crippen LogP contribution in [0.15, 0.2) is 24.3 Å². The van der Waals surface area contributed by atoms with Crippen LogP contribution >= 0.6 is 0 Å². The van der Waals surface area contributed by atoms with Gasteiger partial charge in [0, 0.05) is 11.1 Å². The molecule has 0 aliphatic carbocycles. The minimum atomic E-state index is -0.825. The molecule has 2 aromatic rings. The molecule has 2 saturated heterocycles. The molecule has 9 heteroatoms.